The van der Waals surface area contributed by atoms with Gasteiger partial charge in [0.2, 0.25) is 0 Å². The summed E-state index contributed by atoms with van der Waals surface area (Å²) in [5, 5.41) is 21.8. The van der Waals surface area contributed by atoms with Crippen molar-refractivity contribution in [3.8, 4) is 0 Å². The van der Waals surface area contributed by atoms with Gasteiger partial charge in [0.1, 0.15) is 5.69 Å². The maximum atomic E-state index is 12.2. The molecule has 0 aliphatic heterocycles. The second-order valence-electron chi connectivity index (χ2n) is 7.06. The first-order valence-corrected chi connectivity index (χ1v) is 9.47. The number of carbonyl (C=O) groups is 1. The molecule has 1 heterocycles. The molecule has 148 valence electrons. The van der Waals surface area contributed by atoms with Gasteiger partial charge >= 0.3 is 0 Å². The predicted molar refractivity (Wildman–Crippen MR) is 109 cm³/mol. The Bertz CT molecular complexity index is 1030. The SMILES string of the molecule is O=C(NC1CC1)c1ccc(NCc2ccccc2Cn2cccn2)c([N+](=O)[O-])c1. The Hall–Kier alpha value is -3.68. The van der Waals surface area contributed by atoms with Gasteiger partial charge in [-0.3, -0.25) is 19.6 Å². The molecule has 0 bridgehead atoms. The Kier molecular flexibility index (Phi) is 5.24. The van der Waals surface area contributed by atoms with Crippen LogP contribution in [0.3, 0.4) is 0 Å². The van der Waals surface area contributed by atoms with Crippen molar-refractivity contribution >= 4 is 17.3 Å². The standard InChI is InChI=1S/C21H21N5O3/c27-21(24-18-7-8-18)15-6-9-19(20(12-15)26(28)29)22-13-16-4-1-2-5-17(16)14-25-11-3-10-23-25/h1-6,9-12,18,22H,7-8,13-14H2,(H,24,27). The maximum absolute atomic E-state index is 12.2. The van der Waals surface area contributed by atoms with Crippen molar-refractivity contribution in [2.24, 2.45) is 0 Å². The van der Waals surface area contributed by atoms with Crippen molar-refractivity contribution < 1.29 is 9.72 Å². The van der Waals surface area contributed by atoms with Crippen LogP contribution < -0.4 is 10.6 Å². The average molecular weight is 391 g/mol. The number of rotatable bonds is 8. The number of hydrogen-bond donors (Lipinski definition) is 2. The zero-order valence-electron chi connectivity index (χ0n) is 15.7. The minimum atomic E-state index is -0.466. The third kappa shape index (κ3) is 4.60. The summed E-state index contributed by atoms with van der Waals surface area (Å²) in [5.74, 6) is -0.272. The Morgan fingerprint density at radius 3 is 2.66 bits per heavy atom. The zero-order valence-corrected chi connectivity index (χ0v) is 15.7. The van der Waals surface area contributed by atoms with E-state index in [0.29, 0.717) is 24.3 Å². The molecule has 1 fully saturated rings. The van der Waals surface area contributed by atoms with Crippen LogP contribution >= 0.6 is 0 Å². The molecule has 8 nitrogen and oxygen atoms in total. The minimum absolute atomic E-state index is 0.113. The van der Waals surface area contributed by atoms with E-state index in [4.69, 9.17) is 0 Å². The van der Waals surface area contributed by atoms with Gasteiger partial charge in [0.25, 0.3) is 11.6 Å². The Morgan fingerprint density at radius 2 is 1.97 bits per heavy atom. The molecule has 0 radical (unpaired) electrons. The lowest BCUT2D eigenvalue weighted by molar-refractivity contribution is -0.384. The summed E-state index contributed by atoms with van der Waals surface area (Å²) in [5.41, 5.74) is 2.66. The quantitative estimate of drug-likeness (QED) is 0.453. The van der Waals surface area contributed by atoms with Crippen LogP contribution in [0.25, 0.3) is 0 Å². The largest absolute Gasteiger partial charge is 0.375 e. The summed E-state index contributed by atoms with van der Waals surface area (Å²) in [4.78, 5) is 23.3. The van der Waals surface area contributed by atoms with E-state index in [1.54, 1.807) is 18.3 Å². The molecule has 1 aromatic heterocycles. The monoisotopic (exact) mass is 391 g/mol. The van der Waals surface area contributed by atoms with Crippen molar-refractivity contribution in [2.75, 3.05) is 5.32 Å². The molecular formula is C21H21N5O3. The van der Waals surface area contributed by atoms with Gasteiger partial charge in [-0.15, -0.1) is 0 Å². The van der Waals surface area contributed by atoms with E-state index in [2.05, 4.69) is 15.7 Å². The summed E-state index contributed by atoms with van der Waals surface area (Å²) in [7, 11) is 0. The molecule has 1 amide bonds. The van der Waals surface area contributed by atoms with Crippen molar-refractivity contribution in [3.63, 3.8) is 0 Å². The number of nitrogens with one attached hydrogen (secondary N) is 2. The van der Waals surface area contributed by atoms with Crippen LogP contribution in [0, 0.1) is 10.1 Å². The summed E-state index contributed by atoms with van der Waals surface area (Å²) in [6.07, 6.45) is 5.54. The molecule has 3 aromatic rings. The minimum Gasteiger partial charge on any atom is -0.375 e. The van der Waals surface area contributed by atoms with Crippen LogP contribution in [0.1, 0.15) is 34.3 Å². The fraction of sp³-hybridized carbons (Fsp3) is 0.238. The lowest BCUT2D eigenvalue weighted by atomic mass is 10.1. The number of anilines is 1. The number of amides is 1. The van der Waals surface area contributed by atoms with Crippen molar-refractivity contribution in [3.05, 3.63) is 87.7 Å². The second kappa shape index (κ2) is 8.14. The number of nitrogens with zero attached hydrogens (tertiary/aromatic N) is 3. The normalized spacial score (nSPS) is 13.1. The van der Waals surface area contributed by atoms with Crippen LogP contribution in [0.5, 0.6) is 0 Å². The summed E-state index contributed by atoms with van der Waals surface area (Å²) >= 11 is 0. The third-order valence-electron chi connectivity index (χ3n) is 4.85. The van der Waals surface area contributed by atoms with Crippen LogP contribution in [-0.2, 0) is 13.1 Å². The highest BCUT2D eigenvalue weighted by Crippen LogP contribution is 2.27. The number of nitro groups is 1. The molecule has 8 heteroatoms. The van der Waals surface area contributed by atoms with Gasteiger partial charge in [-0.25, -0.2) is 0 Å². The molecule has 0 atom stereocenters. The molecule has 0 unspecified atom stereocenters. The number of hydrogen-bond acceptors (Lipinski definition) is 5. The van der Waals surface area contributed by atoms with Crippen LogP contribution in [-0.4, -0.2) is 26.7 Å². The molecule has 29 heavy (non-hydrogen) atoms. The summed E-state index contributed by atoms with van der Waals surface area (Å²) in [6, 6.07) is 14.5. The van der Waals surface area contributed by atoms with Gasteiger partial charge < -0.3 is 10.6 Å². The van der Waals surface area contributed by atoms with Gasteiger partial charge in [0.05, 0.1) is 11.5 Å². The fourth-order valence-corrected chi connectivity index (χ4v) is 3.11. The van der Waals surface area contributed by atoms with Crippen LogP contribution in [0.15, 0.2) is 60.9 Å². The van der Waals surface area contributed by atoms with Crippen LogP contribution in [0.2, 0.25) is 0 Å². The number of carbonyl (C=O) groups excluding carboxylic acids is 1. The average Bonchev–Trinajstić information content (AvgIpc) is 3.39. The van der Waals surface area contributed by atoms with E-state index in [-0.39, 0.29) is 17.6 Å². The molecule has 1 saturated carbocycles. The molecule has 0 saturated heterocycles. The summed E-state index contributed by atoms with van der Waals surface area (Å²) in [6.45, 7) is 1.04. The highest BCUT2D eigenvalue weighted by Gasteiger charge is 2.25. The number of aromatic nitrogens is 2. The smallest absolute Gasteiger partial charge is 0.293 e. The Morgan fingerprint density at radius 1 is 1.17 bits per heavy atom. The number of benzene rings is 2. The lowest BCUT2D eigenvalue weighted by Crippen LogP contribution is -2.25. The van der Waals surface area contributed by atoms with Gasteiger partial charge in [-0.05, 0) is 42.2 Å². The molecule has 0 spiro atoms. The molecule has 1 aliphatic rings. The van der Waals surface area contributed by atoms with E-state index >= 15 is 0 Å². The molecular weight excluding hydrogens is 370 g/mol. The highest BCUT2D eigenvalue weighted by molar-refractivity contribution is 5.96. The molecule has 1 aliphatic carbocycles. The van der Waals surface area contributed by atoms with E-state index < -0.39 is 4.92 Å². The molecule has 2 N–H and O–H groups in total. The maximum Gasteiger partial charge on any atom is 0.293 e. The topological polar surface area (TPSA) is 102 Å². The highest BCUT2D eigenvalue weighted by atomic mass is 16.6. The molecule has 2 aromatic carbocycles. The first-order valence-electron chi connectivity index (χ1n) is 9.47. The van der Waals surface area contributed by atoms with E-state index in [0.717, 1.165) is 24.0 Å². The van der Waals surface area contributed by atoms with E-state index in [1.165, 1.54) is 6.07 Å². The Labute approximate surface area is 167 Å². The van der Waals surface area contributed by atoms with Crippen molar-refractivity contribution in [1.29, 1.82) is 0 Å². The summed E-state index contributed by atoms with van der Waals surface area (Å²) < 4.78 is 1.83. The van der Waals surface area contributed by atoms with Crippen LogP contribution in [0.4, 0.5) is 11.4 Å². The number of nitro benzene ring substituents is 1. The molecule has 4 rings (SSSR count). The Balaban J connectivity index is 1.50. The third-order valence-corrected chi connectivity index (χ3v) is 4.85. The second-order valence-corrected chi connectivity index (χ2v) is 7.06. The van der Waals surface area contributed by atoms with Gasteiger partial charge in [-0.2, -0.15) is 5.10 Å². The van der Waals surface area contributed by atoms with E-state index in [1.807, 2.05) is 41.2 Å². The van der Waals surface area contributed by atoms with Gasteiger partial charge in [0.15, 0.2) is 0 Å². The van der Waals surface area contributed by atoms with Crippen molar-refractivity contribution in [2.45, 2.75) is 32.0 Å². The van der Waals surface area contributed by atoms with E-state index in [9.17, 15) is 14.9 Å². The fourth-order valence-electron chi connectivity index (χ4n) is 3.11. The lowest BCUT2D eigenvalue weighted by Gasteiger charge is -2.12. The first kappa shape index (κ1) is 18.7. The van der Waals surface area contributed by atoms with Crippen molar-refractivity contribution in [1.82, 2.24) is 15.1 Å². The van der Waals surface area contributed by atoms with Gasteiger partial charge in [-0.1, -0.05) is 24.3 Å². The predicted octanol–water partition coefficient (Wildman–Crippen LogP) is 3.34. The van der Waals surface area contributed by atoms with Gasteiger partial charge in [0, 0.05) is 36.6 Å². The zero-order chi connectivity index (χ0) is 20.2. The first-order chi connectivity index (χ1) is 14.1.